The molecule has 1 rings (SSSR count). The van der Waals surface area contributed by atoms with Gasteiger partial charge in [-0.15, -0.1) is 0 Å². The number of hydrogen-bond donors (Lipinski definition) is 2. The van der Waals surface area contributed by atoms with Crippen LogP contribution in [0.2, 0.25) is 0 Å². The number of nitrogens with one attached hydrogen (secondary N) is 1. The Bertz CT molecular complexity index is 535. The van der Waals surface area contributed by atoms with Gasteiger partial charge < -0.3 is 11.1 Å². The van der Waals surface area contributed by atoms with Crippen LogP contribution in [0.15, 0.2) is 18.2 Å². The van der Waals surface area contributed by atoms with Gasteiger partial charge in [0.25, 0.3) is 5.69 Å². The van der Waals surface area contributed by atoms with Gasteiger partial charge in [-0.05, 0) is 30.4 Å². The van der Waals surface area contributed by atoms with Gasteiger partial charge in [0, 0.05) is 18.5 Å². The molecule has 0 saturated heterocycles. The van der Waals surface area contributed by atoms with Crippen molar-refractivity contribution in [1.82, 2.24) is 0 Å². The Balaban J connectivity index is 2.73. The number of aryl methyl sites for hydroxylation is 1. The molecule has 21 heavy (non-hydrogen) atoms. The van der Waals surface area contributed by atoms with E-state index in [1.807, 2.05) is 0 Å². The van der Waals surface area contributed by atoms with E-state index < -0.39 is 4.92 Å². The van der Waals surface area contributed by atoms with Crippen molar-refractivity contribution in [1.29, 1.82) is 0 Å². The molecule has 1 atom stereocenters. The highest BCUT2D eigenvalue weighted by atomic mass is 16.6. The summed E-state index contributed by atoms with van der Waals surface area (Å²) in [5.74, 6) is -0.307. The minimum Gasteiger partial charge on any atom is -0.327 e. The van der Waals surface area contributed by atoms with Crippen LogP contribution in [0.4, 0.5) is 11.4 Å². The Morgan fingerprint density at radius 2 is 2.05 bits per heavy atom. The number of carbonyl (C=O) groups is 1. The summed E-state index contributed by atoms with van der Waals surface area (Å²) >= 11 is 0. The number of nitrogens with two attached hydrogens (primary N) is 1. The summed E-state index contributed by atoms with van der Waals surface area (Å²) in [5.41, 5.74) is 6.85. The lowest BCUT2D eigenvalue weighted by atomic mass is 9.87. The monoisotopic (exact) mass is 293 g/mol. The minimum atomic E-state index is -0.502. The van der Waals surface area contributed by atoms with Crippen LogP contribution in [-0.2, 0) is 4.79 Å². The maximum Gasteiger partial charge on any atom is 0.293 e. The second kappa shape index (κ2) is 6.67. The van der Waals surface area contributed by atoms with Gasteiger partial charge in [-0.25, -0.2) is 0 Å². The van der Waals surface area contributed by atoms with Crippen LogP contribution in [0, 0.1) is 22.5 Å². The highest BCUT2D eigenvalue weighted by Crippen LogP contribution is 2.26. The van der Waals surface area contributed by atoms with E-state index in [2.05, 4.69) is 26.1 Å². The first-order valence-corrected chi connectivity index (χ1v) is 6.89. The Morgan fingerprint density at radius 3 is 2.57 bits per heavy atom. The molecule has 3 N–H and O–H groups in total. The number of amides is 1. The minimum absolute atomic E-state index is 0.0373. The van der Waals surface area contributed by atoms with Crippen molar-refractivity contribution in [2.75, 3.05) is 5.32 Å². The average Bonchev–Trinajstić information content (AvgIpc) is 2.28. The SMILES string of the molecule is Cc1ccc(NC(=O)CC(N)CC(C)(C)C)c([N+](=O)[O-])c1. The van der Waals surface area contributed by atoms with Crippen LogP contribution in [0.1, 0.15) is 39.2 Å². The zero-order valence-electron chi connectivity index (χ0n) is 13.0. The fraction of sp³-hybridized carbons (Fsp3) is 0.533. The first kappa shape index (κ1) is 17.1. The first-order valence-electron chi connectivity index (χ1n) is 6.89. The van der Waals surface area contributed by atoms with Crippen LogP contribution in [0.5, 0.6) is 0 Å². The number of hydrogen-bond acceptors (Lipinski definition) is 4. The van der Waals surface area contributed by atoms with Crippen LogP contribution < -0.4 is 11.1 Å². The van der Waals surface area contributed by atoms with Gasteiger partial charge in [0.2, 0.25) is 5.91 Å². The Morgan fingerprint density at radius 1 is 1.43 bits per heavy atom. The molecule has 1 amide bonds. The molecule has 116 valence electrons. The van der Waals surface area contributed by atoms with Crippen molar-refractivity contribution in [2.24, 2.45) is 11.1 Å². The molecule has 1 unspecified atom stereocenters. The molecule has 6 nitrogen and oxygen atoms in total. The standard InChI is InChI=1S/C15H23N3O3/c1-10-5-6-12(13(7-10)18(20)21)17-14(19)8-11(16)9-15(2,3)4/h5-7,11H,8-9,16H2,1-4H3,(H,17,19). The lowest BCUT2D eigenvalue weighted by molar-refractivity contribution is -0.384. The maximum atomic E-state index is 12.0. The predicted octanol–water partition coefficient (Wildman–Crippen LogP) is 3.00. The fourth-order valence-electron chi connectivity index (χ4n) is 2.20. The number of nitro benzene ring substituents is 1. The van der Waals surface area contributed by atoms with Crippen molar-refractivity contribution in [3.05, 3.63) is 33.9 Å². The summed E-state index contributed by atoms with van der Waals surface area (Å²) in [7, 11) is 0. The molecular weight excluding hydrogens is 270 g/mol. The van der Waals surface area contributed by atoms with E-state index in [1.165, 1.54) is 6.07 Å². The third-order valence-corrected chi connectivity index (χ3v) is 2.95. The van der Waals surface area contributed by atoms with Crippen LogP contribution >= 0.6 is 0 Å². The van der Waals surface area contributed by atoms with Crippen molar-refractivity contribution in [3.63, 3.8) is 0 Å². The highest BCUT2D eigenvalue weighted by molar-refractivity contribution is 5.93. The molecule has 0 radical (unpaired) electrons. The van der Waals surface area contributed by atoms with Crippen molar-refractivity contribution >= 4 is 17.3 Å². The maximum absolute atomic E-state index is 12.0. The summed E-state index contributed by atoms with van der Waals surface area (Å²) in [6.45, 7) is 7.92. The van der Waals surface area contributed by atoms with Gasteiger partial charge in [-0.1, -0.05) is 26.8 Å². The van der Waals surface area contributed by atoms with Gasteiger partial charge in [0.05, 0.1) is 4.92 Å². The largest absolute Gasteiger partial charge is 0.327 e. The molecule has 1 aromatic carbocycles. The topological polar surface area (TPSA) is 98.3 Å². The molecule has 0 fully saturated rings. The number of nitro groups is 1. The van der Waals surface area contributed by atoms with E-state index in [-0.39, 0.29) is 35.2 Å². The van der Waals surface area contributed by atoms with Gasteiger partial charge in [0.15, 0.2) is 0 Å². The summed E-state index contributed by atoms with van der Waals surface area (Å²) in [5, 5.41) is 13.6. The third-order valence-electron chi connectivity index (χ3n) is 2.95. The highest BCUT2D eigenvalue weighted by Gasteiger charge is 2.20. The van der Waals surface area contributed by atoms with Gasteiger partial charge in [-0.3, -0.25) is 14.9 Å². The molecule has 0 aliphatic rings. The molecule has 0 heterocycles. The first-order chi connectivity index (χ1) is 9.58. The van der Waals surface area contributed by atoms with E-state index in [4.69, 9.17) is 5.73 Å². The Hall–Kier alpha value is -1.95. The Labute approximate surface area is 124 Å². The molecule has 0 aliphatic carbocycles. The molecule has 0 saturated carbocycles. The van der Waals surface area contributed by atoms with Crippen molar-refractivity contribution in [2.45, 2.75) is 46.6 Å². The van der Waals surface area contributed by atoms with Crippen molar-refractivity contribution in [3.8, 4) is 0 Å². The zero-order chi connectivity index (χ0) is 16.2. The molecule has 6 heteroatoms. The zero-order valence-corrected chi connectivity index (χ0v) is 13.0. The van der Waals surface area contributed by atoms with Crippen LogP contribution in [-0.4, -0.2) is 16.9 Å². The van der Waals surface area contributed by atoms with Gasteiger partial charge in [0.1, 0.15) is 5.69 Å². The second-order valence-corrected chi connectivity index (χ2v) is 6.55. The van der Waals surface area contributed by atoms with Gasteiger partial charge in [-0.2, -0.15) is 0 Å². The van der Waals surface area contributed by atoms with E-state index in [1.54, 1.807) is 19.1 Å². The number of carbonyl (C=O) groups excluding carboxylic acids is 1. The number of rotatable bonds is 5. The predicted molar refractivity (Wildman–Crippen MR) is 83.1 cm³/mol. The van der Waals surface area contributed by atoms with E-state index in [0.29, 0.717) is 6.42 Å². The molecule has 0 spiro atoms. The van der Waals surface area contributed by atoms with E-state index in [0.717, 1.165) is 5.56 Å². The summed E-state index contributed by atoms with van der Waals surface area (Å²) < 4.78 is 0. The average molecular weight is 293 g/mol. The Kier molecular flexibility index (Phi) is 5.43. The lowest BCUT2D eigenvalue weighted by Gasteiger charge is -2.22. The van der Waals surface area contributed by atoms with E-state index in [9.17, 15) is 14.9 Å². The lowest BCUT2D eigenvalue weighted by Crippen LogP contribution is -2.31. The fourth-order valence-corrected chi connectivity index (χ4v) is 2.20. The molecule has 1 aromatic rings. The third kappa shape index (κ3) is 5.91. The summed E-state index contributed by atoms with van der Waals surface area (Å²) in [6.07, 6.45) is 0.846. The number of nitrogens with zero attached hydrogens (tertiary/aromatic N) is 1. The quantitative estimate of drug-likeness (QED) is 0.644. The number of anilines is 1. The van der Waals surface area contributed by atoms with Crippen LogP contribution in [0.3, 0.4) is 0 Å². The smallest absolute Gasteiger partial charge is 0.293 e. The molecule has 0 aromatic heterocycles. The molecular formula is C15H23N3O3. The second-order valence-electron chi connectivity index (χ2n) is 6.55. The van der Waals surface area contributed by atoms with Gasteiger partial charge >= 0.3 is 0 Å². The molecule has 0 bridgehead atoms. The normalized spacial score (nSPS) is 12.8. The van der Waals surface area contributed by atoms with Crippen molar-refractivity contribution < 1.29 is 9.72 Å². The molecule has 0 aliphatic heterocycles. The summed E-state index contributed by atoms with van der Waals surface area (Å²) in [4.78, 5) is 22.4. The van der Waals surface area contributed by atoms with E-state index >= 15 is 0 Å². The summed E-state index contributed by atoms with van der Waals surface area (Å²) in [6, 6.07) is 4.43. The van der Waals surface area contributed by atoms with Crippen LogP contribution in [0.25, 0.3) is 0 Å². The number of benzene rings is 1.